The van der Waals surface area contributed by atoms with Crippen molar-refractivity contribution in [2.45, 2.75) is 13.3 Å². The fourth-order valence-corrected chi connectivity index (χ4v) is 1.01. The molecule has 0 aliphatic heterocycles. The Morgan fingerprint density at radius 2 is 2.31 bits per heavy atom. The summed E-state index contributed by atoms with van der Waals surface area (Å²) in [4.78, 5) is 0. The van der Waals surface area contributed by atoms with E-state index >= 15 is 0 Å². The number of hydrogen-bond acceptors (Lipinski definition) is 1. The summed E-state index contributed by atoms with van der Waals surface area (Å²) in [6, 6.07) is 4.44. The lowest BCUT2D eigenvalue weighted by molar-refractivity contribution is 0.315. The molecular formula is C11H13FO. The molecule has 0 unspecified atom stereocenters. The Kier molecular flexibility index (Phi) is 3.50. The summed E-state index contributed by atoms with van der Waals surface area (Å²) in [5.74, 6) is 0.286. The van der Waals surface area contributed by atoms with E-state index in [-0.39, 0.29) is 5.82 Å². The van der Waals surface area contributed by atoms with Crippen LogP contribution in [0.2, 0.25) is 0 Å². The molecule has 1 rings (SSSR count). The van der Waals surface area contributed by atoms with E-state index in [2.05, 4.69) is 6.58 Å². The van der Waals surface area contributed by atoms with Crippen LogP contribution in [0.4, 0.5) is 4.39 Å². The third-order valence-corrected chi connectivity index (χ3v) is 1.66. The van der Waals surface area contributed by atoms with E-state index in [9.17, 15) is 4.39 Å². The number of rotatable bonds is 4. The summed E-state index contributed by atoms with van der Waals surface area (Å²) < 4.78 is 18.1. The van der Waals surface area contributed by atoms with Crippen LogP contribution in [0.1, 0.15) is 18.9 Å². The number of benzene rings is 1. The first kappa shape index (κ1) is 9.78. The van der Waals surface area contributed by atoms with Gasteiger partial charge in [0.15, 0.2) is 0 Å². The fraction of sp³-hybridized carbons (Fsp3) is 0.273. The second kappa shape index (κ2) is 4.65. The highest BCUT2D eigenvalue weighted by molar-refractivity contribution is 5.55. The maximum atomic E-state index is 12.8. The van der Waals surface area contributed by atoms with Gasteiger partial charge in [0, 0.05) is 11.6 Å². The van der Waals surface area contributed by atoms with Gasteiger partial charge in [0.1, 0.15) is 11.6 Å². The summed E-state index contributed by atoms with van der Waals surface area (Å²) in [6.45, 7) is 6.24. The van der Waals surface area contributed by atoms with Crippen molar-refractivity contribution in [3.8, 4) is 5.75 Å². The van der Waals surface area contributed by atoms with Gasteiger partial charge in [-0.1, -0.05) is 19.6 Å². The van der Waals surface area contributed by atoms with Gasteiger partial charge in [0.25, 0.3) is 0 Å². The first-order valence-electron chi connectivity index (χ1n) is 4.32. The Balaban J connectivity index is 2.87. The van der Waals surface area contributed by atoms with Crippen LogP contribution in [-0.2, 0) is 0 Å². The quantitative estimate of drug-likeness (QED) is 0.691. The molecular weight excluding hydrogens is 167 g/mol. The van der Waals surface area contributed by atoms with Crippen molar-refractivity contribution in [1.29, 1.82) is 0 Å². The second-order valence-electron chi connectivity index (χ2n) is 2.73. The molecule has 0 fully saturated rings. The van der Waals surface area contributed by atoms with Crippen LogP contribution >= 0.6 is 0 Å². The highest BCUT2D eigenvalue weighted by Gasteiger charge is 2.01. The third-order valence-electron chi connectivity index (χ3n) is 1.66. The maximum Gasteiger partial charge on any atom is 0.129 e. The first-order chi connectivity index (χ1) is 6.27. The third kappa shape index (κ3) is 2.58. The summed E-state index contributed by atoms with van der Waals surface area (Å²) in [5, 5.41) is 0. The summed E-state index contributed by atoms with van der Waals surface area (Å²) in [6.07, 6.45) is 2.57. The molecule has 0 spiro atoms. The molecule has 0 bridgehead atoms. The average molecular weight is 180 g/mol. The van der Waals surface area contributed by atoms with Crippen LogP contribution in [0.25, 0.3) is 6.08 Å². The molecule has 0 saturated heterocycles. The lowest BCUT2D eigenvalue weighted by atomic mass is 10.2. The van der Waals surface area contributed by atoms with Crippen molar-refractivity contribution < 1.29 is 9.13 Å². The first-order valence-corrected chi connectivity index (χ1v) is 4.32. The predicted octanol–water partition coefficient (Wildman–Crippen LogP) is 3.26. The van der Waals surface area contributed by atoms with Crippen LogP contribution < -0.4 is 4.74 Å². The van der Waals surface area contributed by atoms with Gasteiger partial charge in [-0.2, -0.15) is 0 Å². The van der Waals surface area contributed by atoms with E-state index in [1.54, 1.807) is 12.1 Å². The van der Waals surface area contributed by atoms with Crippen LogP contribution in [0.15, 0.2) is 24.8 Å². The molecule has 0 aliphatic carbocycles. The van der Waals surface area contributed by atoms with Gasteiger partial charge in [-0.25, -0.2) is 4.39 Å². The molecule has 0 aromatic heterocycles. The fourth-order valence-electron chi connectivity index (χ4n) is 1.01. The zero-order chi connectivity index (χ0) is 9.68. The molecule has 1 aromatic rings. The van der Waals surface area contributed by atoms with E-state index in [1.807, 2.05) is 6.92 Å². The lowest BCUT2D eigenvalue weighted by Crippen LogP contribution is -1.97. The van der Waals surface area contributed by atoms with Crippen molar-refractivity contribution in [3.63, 3.8) is 0 Å². The van der Waals surface area contributed by atoms with Gasteiger partial charge in [-0.15, -0.1) is 0 Å². The van der Waals surface area contributed by atoms with Gasteiger partial charge < -0.3 is 4.74 Å². The smallest absolute Gasteiger partial charge is 0.129 e. The number of hydrogen-bond donors (Lipinski definition) is 0. The highest BCUT2D eigenvalue weighted by Crippen LogP contribution is 2.20. The Hall–Kier alpha value is -1.31. The highest BCUT2D eigenvalue weighted by atomic mass is 19.1. The van der Waals surface area contributed by atoms with Gasteiger partial charge in [0.2, 0.25) is 0 Å². The standard InChI is InChI=1S/C11H13FO/c1-3-7-13-11-8-10(12)6-5-9(11)4-2/h4-6,8H,2-3,7H2,1H3. The summed E-state index contributed by atoms with van der Waals surface area (Å²) in [7, 11) is 0. The summed E-state index contributed by atoms with van der Waals surface area (Å²) in [5.41, 5.74) is 0.829. The minimum Gasteiger partial charge on any atom is -0.493 e. The molecule has 2 heteroatoms. The van der Waals surface area contributed by atoms with Gasteiger partial charge >= 0.3 is 0 Å². The van der Waals surface area contributed by atoms with Gasteiger partial charge in [0.05, 0.1) is 6.61 Å². The lowest BCUT2D eigenvalue weighted by Gasteiger charge is -2.07. The minimum atomic E-state index is -0.281. The monoisotopic (exact) mass is 180 g/mol. The Bertz CT molecular complexity index is 294. The van der Waals surface area contributed by atoms with Crippen molar-refractivity contribution in [3.05, 3.63) is 36.2 Å². The van der Waals surface area contributed by atoms with Crippen molar-refractivity contribution in [2.75, 3.05) is 6.61 Å². The minimum absolute atomic E-state index is 0.281. The van der Waals surface area contributed by atoms with E-state index in [0.29, 0.717) is 12.4 Å². The molecule has 70 valence electrons. The topological polar surface area (TPSA) is 9.23 Å². The van der Waals surface area contributed by atoms with Crippen LogP contribution in [0.3, 0.4) is 0 Å². The molecule has 0 aliphatic rings. The van der Waals surface area contributed by atoms with Crippen LogP contribution in [-0.4, -0.2) is 6.61 Å². The zero-order valence-electron chi connectivity index (χ0n) is 7.72. The average Bonchev–Trinajstić information content (AvgIpc) is 2.15. The largest absolute Gasteiger partial charge is 0.493 e. The molecule has 1 aromatic carbocycles. The van der Waals surface area contributed by atoms with Gasteiger partial charge in [-0.3, -0.25) is 0 Å². The molecule has 0 atom stereocenters. The molecule has 0 radical (unpaired) electrons. The predicted molar refractivity (Wildman–Crippen MR) is 52.3 cm³/mol. The van der Waals surface area contributed by atoms with E-state index in [1.165, 1.54) is 12.1 Å². The number of halogens is 1. The van der Waals surface area contributed by atoms with Crippen LogP contribution in [0, 0.1) is 5.82 Å². The van der Waals surface area contributed by atoms with Crippen LogP contribution in [0.5, 0.6) is 5.75 Å². The SMILES string of the molecule is C=Cc1ccc(F)cc1OCCC. The molecule has 0 N–H and O–H groups in total. The molecule has 0 heterocycles. The molecule has 0 saturated carbocycles. The second-order valence-corrected chi connectivity index (χ2v) is 2.73. The maximum absolute atomic E-state index is 12.8. The van der Waals surface area contributed by atoms with Crippen molar-refractivity contribution in [1.82, 2.24) is 0 Å². The van der Waals surface area contributed by atoms with E-state index in [0.717, 1.165) is 12.0 Å². The normalized spacial score (nSPS) is 9.69. The van der Waals surface area contributed by atoms with Gasteiger partial charge in [-0.05, 0) is 18.6 Å². The Labute approximate surface area is 77.8 Å². The Morgan fingerprint density at radius 1 is 1.54 bits per heavy atom. The van der Waals surface area contributed by atoms with Crippen molar-refractivity contribution >= 4 is 6.08 Å². The molecule has 0 amide bonds. The molecule has 1 nitrogen and oxygen atoms in total. The van der Waals surface area contributed by atoms with E-state index in [4.69, 9.17) is 4.74 Å². The van der Waals surface area contributed by atoms with E-state index < -0.39 is 0 Å². The molecule has 13 heavy (non-hydrogen) atoms. The summed E-state index contributed by atoms with van der Waals surface area (Å²) >= 11 is 0. The Morgan fingerprint density at radius 3 is 2.92 bits per heavy atom. The zero-order valence-corrected chi connectivity index (χ0v) is 7.72. The van der Waals surface area contributed by atoms with Crippen molar-refractivity contribution in [2.24, 2.45) is 0 Å². The number of ether oxygens (including phenoxy) is 1.